The van der Waals surface area contributed by atoms with E-state index in [2.05, 4.69) is 15.6 Å². The highest BCUT2D eigenvalue weighted by molar-refractivity contribution is 5.96. The third-order valence-corrected chi connectivity index (χ3v) is 4.25. The first-order valence-electron chi connectivity index (χ1n) is 9.40. The van der Waals surface area contributed by atoms with Crippen LogP contribution in [0.15, 0.2) is 58.1 Å². The Hall–Kier alpha value is -3.82. The monoisotopic (exact) mass is 414 g/mol. The first kappa shape index (κ1) is 22.5. The van der Waals surface area contributed by atoms with E-state index >= 15 is 0 Å². The Morgan fingerprint density at radius 2 is 1.70 bits per heavy atom. The van der Waals surface area contributed by atoms with Gasteiger partial charge in [0.25, 0.3) is 5.91 Å². The molecule has 0 bridgehead atoms. The van der Waals surface area contributed by atoms with Gasteiger partial charge >= 0.3 is 0 Å². The topological polar surface area (TPSA) is 179 Å². The van der Waals surface area contributed by atoms with Crippen LogP contribution in [0.3, 0.4) is 0 Å². The first-order chi connectivity index (χ1) is 14.4. The molecule has 0 spiro atoms. The molecule has 160 valence electrons. The molecule has 0 saturated carbocycles. The molecule has 1 heterocycles. The van der Waals surface area contributed by atoms with Crippen LogP contribution in [0.4, 0.5) is 0 Å². The molecule has 0 aliphatic heterocycles. The maximum absolute atomic E-state index is 12.8. The molecule has 0 aliphatic carbocycles. The second-order valence-corrected chi connectivity index (χ2v) is 6.61. The zero-order valence-corrected chi connectivity index (χ0v) is 16.4. The van der Waals surface area contributed by atoms with Crippen LogP contribution in [0.2, 0.25) is 0 Å². The fraction of sp³-hybridized carbons (Fsp3) is 0.300. The normalized spacial score (nSPS) is 12.4. The van der Waals surface area contributed by atoms with Crippen LogP contribution in [0.25, 0.3) is 0 Å². The molecule has 1 aromatic heterocycles. The van der Waals surface area contributed by atoms with E-state index in [-0.39, 0.29) is 31.1 Å². The highest BCUT2D eigenvalue weighted by atomic mass is 16.3. The lowest BCUT2D eigenvalue weighted by Gasteiger charge is -2.21. The lowest BCUT2D eigenvalue weighted by Crippen LogP contribution is -2.53. The van der Waals surface area contributed by atoms with Gasteiger partial charge < -0.3 is 32.3 Å². The van der Waals surface area contributed by atoms with E-state index in [4.69, 9.17) is 21.6 Å². The zero-order valence-electron chi connectivity index (χ0n) is 16.4. The molecule has 0 aliphatic rings. The predicted molar refractivity (Wildman–Crippen MR) is 111 cm³/mol. The molecule has 2 rings (SSSR count). The van der Waals surface area contributed by atoms with Gasteiger partial charge in [-0.3, -0.25) is 19.4 Å². The van der Waals surface area contributed by atoms with Crippen molar-refractivity contribution in [2.45, 2.75) is 31.3 Å². The minimum absolute atomic E-state index is 0.0627. The molecule has 0 unspecified atom stereocenters. The number of carbonyl (C=O) groups is 3. The lowest BCUT2D eigenvalue weighted by molar-refractivity contribution is -0.128. The van der Waals surface area contributed by atoms with Crippen LogP contribution >= 0.6 is 0 Å². The molecule has 8 N–H and O–H groups in total. The van der Waals surface area contributed by atoms with Gasteiger partial charge in [-0.2, -0.15) is 0 Å². The van der Waals surface area contributed by atoms with Crippen LogP contribution in [-0.2, 0) is 16.0 Å². The maximum atomic E-state index is 12.8. The third kappa shape index (κ3) is 7.30. The van der Waals surface area contributed by atoms with Crippen molar-refractivity contribution >= 4 is 23.7 Å². The summed E-state index contributed by atoms with van der Waals surface area (Å²) in [5.74, 6) is -1.77. The number of primary amides is 1. The minimum atomic E-state index is -0.936. The Morgan fingerprint density at radius 3 is 2.30 bits per heavy atom. The standard InChI is InChI=1S/C20H26N6O4/c21-17(27)15(12-13-6-2-1-3-7-13)26-18(28)14(8-4-10-24-20(22)23)25-19(29)16-9-5-11-30-16/h1-3,5-7,9,11,14-15H,4,8,10,12H2,(H2,21,27)(H,25,29)(H,26,28)(H4,22,23,24)/t14-,15-/m0/s1. The molecule has 0 radical (unpaired) electrons. The van der Waals surface area contributed by atoms with Crippen molar-refractivity contribution in [2.24, 2.45) is 22.2 Å². The average Bonchev–Trinajstić information content (AvgIpc) is 3.25. The Bertz CT molecular complexity index is 863. The average molecular weight is 414 g/mol. The Labute approximate surface area is 173 Å². The number of guanidine groups is 1. The number of amides is 3. The largest absolute Gasteiger partial charge is 0.459 e. The molecule has 0 saturated heterocycles. The summed E-state index contributed by atoms with van der Waals surface area (Å²) >= 11 is 0. The fourth-order valence-electron chi connectivity index (χ4n) is 2.75. The Kier molecular flexibility index (Phi) is 8.42. The van der Waals surface area contributed by atoms with Gasteiger partial charge in [-0.25, -0.2) is 0 Å². The maximum Gasteiger partial charge on any atom is 0.287 e. The predicted octanol–water partition coefficient (Wildman–Crippen LogP) is -0.356. The zero-order chi connectivity index (χ0) is 21.9. The molecule has 10 heteroatoms. The highest BCUT2D eigenvalue weighted by Gasteiger charge is 2.26. The molecular weight excluding hydrogens is 388 g/mol. The van der Waals surface area contributed by atoms with Gasteiger partial charge in [0.2, 0.25) is 11.8 Å². The van der Waals surface area contributed by atoms with Crippen molar-refractivity contribution in [2.75, 3.05) is 6.54 Å². The van der Waals surface area contributed by atoms with Crippen LogP contribution in [0.1, 0.15) is 29.0 Å². The van der Waals surface area contributed by atoms with Gasteiger partial charge in [0.05, 0.1) is 6.26 Å². The smallest absolute Gasteiger partial charge is 0.287 e. The first-order valence-corrected chi connectivity index (χ1v) is 9.40. The number of furan rings is 1. The quantitative estimate of drug-likeness (QED) is 0.190. The number of nitrogens with two attached hydrogens (primary N) is 3. The van der Waals surface area contributed by atoms with Gasteiger partial charge in [0.15, 0.2) is 11.7 Å². The molecule has 1 aromatic carbocycles. The van der Waals surface area contributed by atoms with Crippen molar-refractivity contribution in [1.29, 1.82) is 0 Å². The highest BCUT2D eigenvalue weighted by Crippen LogP contribution is 2.07. The van der Waals surface area contributed by atoms with E-state index in [0.29, 0.717) is 6.42 Å². The van der Waals surface area contributed by atoms with E-state index < -0.39 is 29.8 Å². The number of hydrogen-bond donors (Lipinski definition) is 5. The number of nitrogens with one attached hydrogen (secondary N) is 2. The molecule has 3 amide bonds. The molecule has 2 atom stereocenters. The van der Waals surface area contributed by atoms with Crippen molar-refractivity contribution < 1.29 is 18.8 Å². The van der Waals surface area contributed by atoms with Crippen molar-refractivity contribution in [3.05, 3.63) is 60.1 Å². The number of rotatable bonds is 11. The summed E-state index contributed by atoms with van der Waals surface area (Å²) in [5, 5.41) is 5.23. The molecule has 10 nitrogen and oxygen atoms in total. The van der Waals surface area contributed by atoms with Gasteiger partial charge in [-0.1, -0.05) is 30.3 Å². The molecule has 30 heavy (non-hydrogen) atoms. The van der Waals surface area contributed by atoms with Gasteiger partial charge in [0, 0.05) is 13.0 Å². The summed E-state index contributed by atoms with van der Waals surface area (Å²) in [5.41, 5.74) is 16.9. The summed E-state index contributed by atoms with van der Waals surface area (Å²) in [6, 6.07) is 10.3. The second kappa shape index (κ2) is 11.2. The molecule has 0 fully saturated rings. The summed E-state index contributed by atoms with van der Waals surface area (Å²) in [7, 11) is 0. The lowest BCUT2D eigenvalue weighted by atomic mass is 10.0. The van der Waals surface area contributed by atoms with E-state index in [9.17, 15) is 14.4 Å². The van der Waals surface area contributed by atoms with E-state index in [0.717, 1.165) is 5.56 Å². The Morgan fingerprint density at radius 1 is 0.967 bits per heavy atom. The number of aliphatic imine (C=N–C) groups is 1. The van der Waals surface area contributed by atoms with Gasteiger partial charge in [-0.15, -0.1) is 0 Å². The van der Waals surface area contributed by atoms with Crippen molar-refractivity contribution in [3.8, 4) is 0 Å². The SMILES string of the molecule is NC(=O)[C@H](Cc1ccccc1)NC(=O)[C@H](CCCN=C(N)N)NC(=O)c1ccco1. The molecule has 2 aromatic rings. The van der Waals surface area contributed by atoms with E-state index in [1.807, 2.05) is 30.3 Å². The van der Waals surface area contributed by atoms with Crippen molar-refractivity contribution in [1.82, 2.24) is 10.6 Å². The number of carbonyl (C=O) groups excluding carboxylic acids is 3. The van der Waals surface area contributed by atoms with E-state index in [1.54, 1.807) is 6.07 Å². The van der Waals surface area contributed by atoms with Crippen LogP contribution < -0.4 is 27.8 Å². The summed E-state index contributed by atoms with van der Waals surface area (Å²) in [6.45, 7) is 0.284. The summed E-state index contributed by atoms with van der Waals surface area (Å²) in [4.78, 5) is 40.9. The fourth-order valence-corrected chi connectivity index (χ4v) is 2.75. The van der Waals surface area contributed by atoms with Gasteiger partial charge in [-0.05, 0) is 30.5 Å². The number of hydrogen-bond acceptors (Lipinski definition) is 5. The van der Waals surface area contributed by atoms with Crippen LogP contribution in [0, 0.1) is 0 Å². The second-order valence-electron chi connectivity index (χ2n) is 6.61. The summed E-state index contributed by atoms with van der Waals surface area (Å²) < 4.78 is 5.06. The minimum Gasteiger partial charge on any atom is -0.459 e. The van der Waals surface area contributed by atoms with Gasteiger partial charge in [0.1, 0.15) is 12.1 Å². The van der Waals surface area contributed by atoms with Crippen LogP contribution in [-0.4, -0.2) is 42.3 Å². The van der Waals surface area contributed by atoms with Crippen molar-refractivity contribution in [3.63, 3.8) is 0 Å². The third-order valence-electron chi connectivity index (χ3n) is 4.25. The number of nitrogens with zero attached hydrogens (tertiary/aromatic N) is 1. The Balaban J connectivity index is 2.07. The van der Waals surface area contributed by atoms with E-state index in [1.165, 1.54) is 12.3 Å². The summed E-state index contributed by atoms with van der Waals surface area (Å²) in [6.07, 6.45) is 2.25. The van der Waals surface area contributed by atoms with Crippen LogP contribution in [0.5, 0.6) is 0 Å². The molecular formula is C20H26N6O4. The number of benzene rings is 1.